The van der Waals surface area contributed by atoms with E-state index in [0.717, 1.165) is 18.1 Å². The standard InChI is InChI=1S/C14H12FNO3/c1-2-9-5-3-4-6-11(9)19-13-12(15)10(14(17)18)7-8-16-13/h3-8H,2H2,1H3,(H,17,18). The van der Waals surface area contributed by atoms with E-state index in [2.05, 4.69) is 4.98 Å². The zero-order valence-electron chi connectivity index (χ0n) is 10.3. The van der Waals surface area contributed by atoms with E-state index in [1.165, 1.54) is 6.20 Å². The smallest absolute Gasteiger partial charge is 0.338 e. The number of pyridine rings is 1. The largest absolute Gasteiger partial charge is 0.478 e. The highest BCUT2D eigenvalue weighted by molar-refractivity contribution is 5.88. The third kappa shape index (κ3) is 2.70. The lowest BCUT2D eigenvalue weighted by Gasteiger charge is -2.10. The maximum atomic E-state index is 13.9. The second-order valence-corrected chi connectivity index (χ2v) is 3.85. The Kier molecular flexibility index (Phi) is 3.75. The minimum atomic E-state index is -1.35. The topological polar surface area (TPSA) is 59.4 Å². The minimum Gasteiger partial charge on any atom is -0.478 e. The fourth-order valence-electron chi connectivity index (χ4n) is 1.66. The summed E-state index contributed by atoms with van der Waals surface area (Å²) in [5, 5.41) is 8.83. The van der Waals surface area contributed by atoms with Crippen molar-refractivity contribution in [2.75, 3.05) is 0 Å². The highest BCUT2D eigenvalue weighted by atomic mass is 19.1. The van der Waals surface area contributed by atoms with Crippen LogP contribution in [0.2, 0.25) is 0 Å². The predicted octanol–water partition coefficient (Wildman–Crippen LogP) is 3.27. The molecule has 19 heavy (non-hydrogen) atoms. The zero-order chi connectivity index (χ0) is 13.8. The molecule has 0 unspecified atom stereocenters. The molecule has 4 nitrogen and oxygen atoms in total. The predicted molar refractivity (Wildman–Crippen MR) is 67.0 cm³/mol. The second-order valence-electron chi connectivity index (χ2n) is 3.85. The molecule has 0 aliphatic carbocycles. The molecule has 1 N–H and O–H groups in total. The molecule has 0 spiro atoms. The number of para-hydroxylation sites is 1. The van der Waals surface area contributed by atoms with Gasteiger partial charge in [0.15, 0.2) is 5.82 Å². The van der Waals surface area contributed by atoms with Gasteiger partial charge in [0.2, 0.25) is 0 Å². The molecule has 2 rings (SSSR count). The summed E-state index contributed by atoms with van der Waals surface area (Å²) in [4.78, 5) is 14.6. The van der Waals surface area contributed by atoms with E-state index in [0.29, 0.717) is 5.75 Å². The van der Waals surface area contributed by atoms with Gasteiger partial charge >= 0.3 is 5.97 Å². The summed E-state index contributed by atoms with van der Waals surface area (Å²) >= 11 is 0. The fourth-order valence-corrected chi connectivity index (χ4v) is 1.66. The number of carbonyl (C=O) groups is 1. The average molecular weight is 261 g/mol. The number of ether oxygens (including phenoxy) is 1. The van der Waals surface area contributed by atoms with Gasteiger partial charge in [0.25, 0.3) is 5.88 Å². The molecular weight excluding hydrogens is 249 g/mol. The monoisotopic (exact) mass is 261 g/mol. The van der Waals surface area contributed by atoms with Gasteiger partial charge in [-0.15, -0.1) is 0 Å². The first-order valence-corrected chi connectivity index (χ1v) is 5.77. The Morgan fingerprint density at radius 1 is 1.37 bits per heavy atom. The second kappa shape index (κ2) is 5.48. The van der Waals surface area contributed by atoms with Gasteiger partial charge in [-0.3, -0.25) is 0 Å². The lowest BCUT2D eigenvalue weighted by molar-refractivity contribution is 0.0690. The van der Waals surface area contributed by atoms with Crippen LogP contribution in [0.5, 0.6) is 11.6 Å². The van der Waals surface area contributed by atoms with Gasteiger partial charge in [-0.1, -0.05) is 25.1 Å². The molecule has 0 aliphatic rings. The van der Waals surface area contributed by atoms with Crippen molar-refractivity contribution >= 4 is 5.97 Å². The fraction of sp³-hybridized carbons (Fsp3) is 0.143. The van der Waals surface area contributed by atoms with Gasteiger partial charge in [0.05, 0.1) is 0 Å². The molecule has 0 aliphatic heterocycles. The van der Waals surface area contributed by atoms with Crippen LogP contribution in [0.4, 0.5) is 4.39 Å². The molecule has 0 amide bonds. The van der Waals surface area contributed by atoms with Gasteiger partial charge in [-0.2, -0.15) is 0 Å². The number of nitrogens with zero attached hydrogens (tertiary/aromatic N) is 1. The van der Waals surface area contributed by atoms with Crippen molar-refractivity contribution < 1.29 is 19.0 Å². The van der Waals surface area contributed by atoms with Gasteiger partial charge in [0.1, 0.15) is 11.3 Å². The van der Waals surface area contributed by atoms with Crippen LogP contribution in [0, 0.1) is 5.82 Å². The summed E-state index contributed by atoms with van der Waals surface area (Å²) in [6, 6.07) is 8.24. The van der Waals surface area contributed by atoms with E-state index < -0.39 is 17.3 Å². The Labute approximate surface area is 109 Å². The lowest BCUT2D eigenvalue weighted by Crippen LogP contribution is -2.04. The number of hydrogen-bond acceptors (Lipinski definition) is 3. The number of halogens is 1. The van der Waals surface area contributed by atoms with Crippen LogP contribution < -0.4 is 4.74 Å². The summed E-state index contributed by atoms with van der Waals surface area (Å²) in [7, 11) is 0. The normalized spacial score (nSPS) is 10.2. The molecular formula is C14H12FNO3. The maximum absolute atomic E-state index is 13.9. The van der Waals surface area contributed by atoms with E-state index in [4.69, 9.17) is 9.84 Å². The molecule has 1 aromatic heterocycles. The van der Waals surface area contributed by atoms with Crippen molar-refractivity contribution in [2.24, 2.45) is 0 Å². The van der Waals surface area contributed by atoms with E-state index in [-0.39, 0.29) is 5.88 Å². The summed E-state index contributed by atoms with van der Waals surface area (Å²) in [5.41, 5.74) is 0.434. The molecule has 0 fully saturated rings. The van der Waals surface area contributed by atoms with Crippen molar-refractivity contribution in [1.29, 1.82) is 0 Å². The first-order valence-electron chi connectivity index (χ1n) is 5.77. The number of hydrogen-bond donors (Lipinski definition) is 1. The van der Waals surface area contributed by atoms with Gasteiger partial charge < -0.3 is 9.84 Å². The van der Waals surface area contributed by atoms with Gasteiger partial charge in [-0.05, 0) is 24.1 Å². The van der Waals surface area contributed by atoms with E-state index in [9.17, 15) is 9.18 Å². The highest BCUT2D eigenvalue weighted by Crippen LogP contribution is 2.27. The third-order valence-electron chi connectivity index (χ3n) is 2.65. The molecule has 0 atom stereocenters. The number of aromatic nitrogens is 1. The molecule has 1 aromatic carbocycles. The maximum Gasteiger partial charge on any atom is 0.338 e. The molecule has 0 saturated heterocycles. The molecule has 0 saturated carbocycles. The summed E-state index contributed by atoms with van der Waals surface area (Å²) in [5.74, 6) is -2.19. The Hall–Kier alpha value is -2.43. The van der Waals surface area contributed by atoms with Crippen LogP contribution in [0.15, 0.2) is 36.5 Å². The van der Waals surface area contributed by atoms with Crippen molar-refractivity contribution in [3.63, 3.8) is 0 Å². The van der Waals surface area contributed by atoms with Crippen molar-refractivity contribution in [2.45, 2.75) is 13.3 Å². The third-order valence-corrected chi connectivity index (χ3v) is 2.65. The number of carboxylic acids is 1. The minimum absolute atomic E-state index is 0.333. The Balaban J connectivity index is 2.39. The molecule has 98 valence electrons. The highest BCUT2D eigenvalue weighted by Gasteiger charge is 2.17. The van der Waals surface area contributed by atoms with Crippen LogP contribution >= 0.6 is 0 Å². The quantitative estimate of drug-likeness (QED) is 0.917. The van der Waals surface area contributed by atoms with Crippen LogP contribution in [0.25, 0.3) is 0 Å². The lowest BCUT2D eigenvalue weighted by atomic mass is 10.1. The molecule has 2 aromatic rings. The molecule has 0 bridgehead atoms. The number of benzene rings is 1. The zero-order valence-corrected chi connectivity index (χ0v) is 10.3. The van der Waals surface area contributed by atoms with E-state index in [1.807, 2.05) is 19.1 Å². The first kappa shape index (κ1) is 13.0. The number of carboxylic acid groups (broad SMARTS) is 1. The Bertz CT molecular complexity index is 613. The van der Waals surface area contributed by atoms with Crippen molar-refractivity contribution in [1.82, 2.24) is 4.98 Å². The SMILES string of the molecule is CCc1ccccc1Oc1nccc(C(=O)O)c1F. The number of aromatic carboxylic acids is 1. The van der Waals surface area contributed by atoms with Crippen molar-refractivity contribution in [3.8, 4) is 11.6 Å². The van der Waals surface area contributed by atoms with Crippen LogP contribution in [-0.4, -0.2) is 16.1 Å². The average Bonchev–Trinajstić information content (AvgIpc) is 2.41. The van der Waals surface area contributed by atoms with Crippen LogP contribution in [0.1, 0.15) is 22.8 Å². The first-order chi connectivity index (χ1) is 9.13. The molecule has 5 heteroatoms. The Morgan fingerprint density at radius 2 is 2.11 bits per heavy atom. The van der Waals surface area contributed by atoms with E-state index in [1.54, 1.807) is 12.1 Å². The van der Waals surface area contributed by atoms with Crippen LogP contribution in [0.3, 0.4) is 0 Å². The Morgan fingerprint density at radius 3 is 2.79 bits per heavy atom. The number of aryl methyl sites for hydroxylation is 1. The molecule has 0 radical (unpaired) electrons. The van der Waals surface area contributed by atoms with Crippen LogP contribution in [-0.2, 0) is 6.42 Å². The summed E-state index contributed by atoms with van der Waals surface area (Å²) < 4.78 is 19.2. The van der Waals surface area contributed by atoms with Gasteiger partial charge in [0, 0.05) is 6.20 Å². The number of rotatable bonds is 4. The molecule has 1 heterocycles. The van der Waals surface area contributed by atoms with E-state index >= 15 is 0 Å². The van der Waals surface area contributed by atoms with Crippen molar-refractivity contribution in [3.05, 3.63) is 53.5 Å². The summed E-state index contributed by atoms with van der Waals surface area (Å²) in [6.45, 7) is 1.94. The van der Waals surface area contributed by atoms with Gasteiger partial charge in [-0.25, -0.2) is 14.2 Å². The summed E-state index contributed by atoms with van der Waals surface area (Å²) in [6.07, 6.45) is 1.92.